The minimum Gasteiger partial charge on any atom is -0.493 e. The smallest absolute Gasteiger partial charge is 0.203 e. The lowest BCUT2D eigenvalue weighted by atomic mass is 9.79. The lowest BCUT2D eigenvalue weighted by Crippen LogP contribution is -2.35. The summed E-state index contributed by atoms with van der Waals surface area (Å²) in [6, 6.07) is 15.0. The van der Waals surface area contributed by atoms with Crippen molar-refractivity contribution >= 4 is 0 Å². The fraction of sp³-hybridized carbons (Fsp3) is 0.455. The van der Waals surface area contributed by atoms with Gasteiger partial charge < -0.3 is 19.5 Å². The molecule has 0 spiro atoms. The van der Waals surface area contributed by atoms with Gasteiger partial charge in [0.1, 0.15) is 0 Å². The summed E-state index contributed by atoms with van der Waals surface area (Å²) in [4.78, 5) is 0. The first kappa shape index (κ1) is 18.6. The second kappa shape index (κ2) is 8.45. The van der Waals surface area contributed by atoms with Gasteiger partial charge in [-0.3, -0.25) is 0 Å². The molecule has 4 nitrogen and oxygen atoms in total. The largest absolute Gasteiger partial charge is 0.493 e. The lowest BCUT2D eigenvalue weighted by molar-refractivity contribution is 0.323. The van der Waals surface area contributed by atoms with Crippen LogP contribution >= 0.6 is 0 Å². The van der Waals surface area contributed by atoms with E-state index in [2.05, 4.69) is 35.6 Å². The Labute approximate surface area is 156 Å². The molecule has 1 N–H and O–H groups in total. The van der Waals surface area contributed by atoms with Gasteiger partial charge in [-0.1, -0.05) is 43.2 Å². The summed E-state index contributed by atoms with van der Waals surface area (Å²) in [5.41, 5.74) is 2.83. The second-order valence-corrected chi connectivity index (χ2v) is 6.99. The van der Waals surface area contributed by atoms with Crippen molar-refractivity contribution in [3.05, 3.63) is 53.6 Å². The van der Waals surface area contributed by atoms with E-state index in [1.54, 1.807) is 21.3 Å². The Kier molecular flexibility index (Phi) is 6.04. The van der Waals surface area contributed by atoms with E-state index in [-0.39, 0.29) is 5.41 Å². The van der Waals surface area contributed by atoms with E-state index < -0.39 is 0 Å². The average Bonchev–Trinajstić information content (AvgIpc) is 3.18. The van der Waals surface area contributed by atoms with E-state index in [1.807, 2.05) is 12.1 Å². The molecule has 0 amide bonds. The molecule has 0 aliphatic heterocycles. The first-order valence-corrected chi connectivity index (χ1v) is 9.27. The summed E-state index contributed by atoms with van der Waals surface area (Å²) in [6.07, 6.45) is 5.11. The van der Waals surface area contributed by atoms with Gasteiger partial charge in [0.05, 0.1) is 21.3 Å². The number of hydrogen-bond acceptors (Lipinski definition) is 4. The van der Waals surface area contributed by atoms with E-state index in [0.717, 1.165) is 18.7 Å². The molecule has 140 valence electrons. The van der Waals surface area contributed by atoms with E-state index in [9.17, 15) is 0 Å². The molecular weight excluding hydrogens is 326 g/mol. The number of rotatable bonds is 8. The van der Waals surface area contributed by atoms with E-state index >= 15 is 0 Å². The maximum Gasteiger partial charge on any atom is 0.203 e. The van der Waals surface area contributed by atoms with Crippen molar-refractivity contribution in [3.63, 3.8) is 0 Å². The van der Waals surface area contributed by atoms with Crippen LogP contribution in [0.3, 0.4) is 0 Å². The lowest BCUT2D eigenvalue weighted by Gasteiger charge is -2.30. The second-order valence-electron chi connectivity index (χ2n) is 6.99. The van der Waals surface area contributed by atoms with Gasteiger partial charge in [-0.25, -0.2) is 0 Å². The van der Waals surface area contributed by atoms with Crippen LogP contribution in [0.4, 0.5) is 0 Å². The van der Waals surface area contributed by atoms with Crippen LogP contribution in [0.5, 0.6) is 17.2 Å². The fourth-order valence-corrected chi connectivity index (χ4v) is 4.09. The summed E-state index contributed by atoms with van der Waals surface area (Å²) in [5, 5.41) is 3.67. The molecule has 26 heavy (non-hydrogen) atoms. The Balaban J connectivity index is 1.72. The highest BCUT2D eigenvalue weighted by atomic mass is 16.5. The maximum absolute atomic E-state index is 5.46. The molecule has 1 aliphatic rings. The molecule has 0 bridgehead atoms. The van der Waals surface area contributed by atoms with E-state index in [4.69, 9.17) is 14.2 Å². The van der Waals surface area contributed by atoms with Crippen molar-refractivity contribution in [1.29, 1.82) is 0 Å². The molecule has 0 atom stereocenters. The van der Waals surface area contributed by atoms with Crippen molar-refractivity contribution in [3.8, 4) is 17.2 Å². The third-order valence-electron chi connectivity index (χ3n) is 5.46. The van der Waals surface area contributed by atoms with Crippen LogP contribution < -0.4 is 19.5 Å². The van der Waals surface area contributed by atoms with Crippen molar-refractivity contribution < 1.29 is 14.2 Å². The molecular formula is C22H29NO3. The van der Waals surface area contributed by atoms with Crippen LogP contribution in [-0.2, 0) is 12.0 Å². The number of hydrogen-bond donors (Lipinski definition) is 1. The molecule has 0 unspecified atom stereocenters. The SMILES string of the molecule is COc1cc(CNCC2(c3ccccc3)CCCC2)cc(OC)c1OC. The zero-order valence-corrected chi connectivity index (χ0v) is 16.0. The van der Waals surface area contributed by atoms with E-state index in [0.29, 0.717) is 17.2 Å². The van der Waals surface area contributed by atoms with Crippen LogP contribution in [0, 0.1) is 0 Å². The van der Waals surface area contributed by atoms with Crippen molar-refractivity contribution in [2.45, 2.75) is 37.6 Å². The number of methoxy groups -OCH3 is 3. The van der Waals surface area contributed by atoms with Crippen molar-refractivity contribution in [2.24, 2.45) is 0 Å². The average molecular weight is 355 g/mol. The summed E-state index contributed by atoms with van der Waals surface area (Å²) < 4.78 is 16.3. The molecule has 1 saturated carbocycles. The predicted molar refractivity (Wildman–Crippen MR) is 104 cm³/mol. The predicted octanol–water partition coefficient (Wildman–Crippen LogP) is 4.31. The van der Waals surface area contributed by atoms with Gasteiger partial charge in [-0.05, 0) is 36.1 Å². The van der Waals surface area contributed by atoms with Crippen LogP contribution in [0.15, 0.2) is 42.5 Å². The highest BCUT2D eigenvalue weighted by Gasteiger charge is 2.34. The van der Waals surface area contributed by atoms with Gasteiger partial charge in [-0.2, -0.15) is 0 Å². The molecule has 1 fully saturated rings. The Morgan fingerprint density at radius 2 is 1.50 bits per heavy atom. The van der Waals surface area contributed by atoms with Crippen molar-refractivity contribution in [2.75, 3.05) is 27.9 Å². The van der Waals surface area contributed by atoms with Crippen LogP contribution in [-0.4, -0.2) is 27.9 Å². The van der Waals surface area contributed by atoms with Crippen molar-refractivity contribution in [1.82, 2.24) is 5.32 Å². The van der Waals surface area contributed by atoms with Crippen LogP contribution in [0.1, 0.15) is 36.8 Å². The Bertz CT molecular complexity index is 684. The first-order valence-electron chi connectivity index (χ1n) is 9.27. The van der Waals surface area contributed by atoms with Gasteiger partial charge in [0, 0.05) is 18.5 Å². The Hall–Kier alpha value is -2.20. The number of benzene rings is 2. The molecule has 2 aromatic carbocycles. The van der Waals surface area contributed by atoms with Gasteiger partial charge >= 0.3 is 0 Å². The van der Waals surface area contributed by atoms with Crippen LogP contribution in [0.25, 0.3) is 0 Å². The van der Waals surface area contributed by atoms with Gasteiger partial charge in [0.15, 0.2) is 11.5 Å². The molecule has 0 radical (unpaired) electrons. The third kappa shape index (κ3) is 3.80. The molecule has 0 aromatic heterocycles. The Morgan fingerprint density at radius 1 is 0.885 bits per heavy atom. The molecule has 0 saturated heterocycles. The quantitative estimate of drug-likeness (QED) is 0.766. The first-order chi connectivity index (χ1) is 12.7. The zero-order valence-electron chi connectivity index (χ0n) is 16.0. The summed E-state index contributed by atoms with van der Waals surface area (Å²) in [6.45, 7) is 1.75. The Morgan fingerprint density at radius 3 is 2.04 bits per heavy atom. The topological polar surface area (TPSA) is 39.7 Å². The summed E-state index contributed by atoms with van der Waals surface area (Å²) in [5.74, 6) is 2.03. The van der Waals surface area contributed by atoms with Gasteiger partial charge in [0.2, 0.25) is 5.75 Å². The highest BCUT2D eigenvalue weighted by Crippen LogP contribution is 2.41. The zero-order chi connectivity index (χ0) is 18.4. The van der Waals surface area contributed by atoms with Gasteiger partial charge in [-0.15, -0.1) is 0 Å². The molecule has 0 heterocycles. The molecule has 2 aromatic rings. The summed E-state index contributed by atoms with van der Waals surface area (Å²) >= 11 is 0. The molecule has 1 aliphatic carbocycles. The van der Waals surface area contributed by atoms with Gasteiger partial charge in [0.25, 0.3) is 0 Å². The highest BCUT2D eigenvalue weighted by molar-refractivity contribution is 5.53. The van der Waals surface area contributed by atoms with E-state index in [1.165, 1.54) is 31.2 Å². The maximum atomic E-state index is 5.46. The molecule has 3 rings (SSSR count). The number of nitrogens with one attached hydrogen (secondary N) is 1. The normalized spacial score (nSPS) is 15.7. The standard InChI is InChI=1S/C22H29NO3/c1-24-19-13-17(14-20(25-2)21(19)26-3)15-23-16-22(11-7-8-12-22)18-9-5-4-6-10-18/h4-6,9-10,13-14,23H,7-8,11-12,15-16H2,1-3H3. The summed E-state index contributed by atoms with van der Waals surface area (Å²) in [7, 11) is 4.93. The number of ether oxygens (including phenoxy) is 3. The minimum atomic E-state index is 0.252. The fourth-order valence-electron chi connectivity index (χ4n) is 4.09. The minimum absolute atomic E-state index is 0.252. The monoisotopic (exact) mass is 355 g/mol. The molecule has 4 heteroatoms. The van der Waals surface area contributed by atoms with Crippen LogP contribution in [0.2, 0.25) is 0 Å². The third-order valence-corrected chi connectivity index (χ3v) is 5.46.